The molecule has 4 heteroatoms. The Morgan fingerprint density at radius 3 is 0.491 bits per heavy atom. The summed E-state index contributed by atoms with van der Waals surface area (Å²) in [5.74, 6) is 0. The molecule has 0 aromatic carbocycles. The minimum Gasteiger partial charge on any atom is -0.297 e. The molecule has 0 aliphatic heterocycles. The molecule has 0 saturated heterocycles. The second-order valence-electron chi connectivity index (χ2n) is 6.66. The Labute approximate surface area is 342 Å². The van der Waals surface area contributed by atoms with Crippen LogP contribution in [0.2, 0.25) is 0 Å². The molecule has 53 heavy (non-hydrogen) atoms. The zero-order valence-corrected chi connectivity index (χ0v) is 42.3. The molecular formula is C49H108N4. The Morgan fingerprint density at radius 1 is 0.264 bits per heavy atom. The molecule has 0 saturated carbocycles. The first kappa shape index (κ1) is 92.6. The Bertz CT molecular complexity index is 507. The van der Waals surface area contributed by atoms with Crippen LogP contribution >= 0.6 is 0 Å². The Hall–Kier alpha value is -3.14. The standard InChI is InChI=1S/C6H10.2C5H9N.3C5H10.C4H8N2.7C2H6/c1-3-5-6-4-2;2*1-3-4-5-6-2;3*1-3-5-4-2;1-5-3-4-6-2;7*1-2/h3-6H,1-2H3;2*3-5H,1-2H3;3*3,5H,4H2,1-2H3;3-4H,1-2H3;7*1-2H3/b5-3-,6-4-;2*4-3-,6-5?;3*5-3-;;;;;;;;. The van der Waals surface area contributed by atoms with E-state index in [2.05, 4.69) is 77.2 Å². The lowest BCUT2D eigenvalue weighted by molar-refractivity contribution is 1.22. The van der Waals surface area contributed by atoms with Crippen molar-refractivity contribution in [3.63, 3.8) is 0 Å². The maximum atomic E-state index is 3.71. The first-order valence-electron chi connectivity index (χ1n) is 20.9. The molecule has 0 rings (SSSR count). The summed E-state index contributed by atoms with van der Waals surface area (Å²) in [6.45, 7) is 48.4. The van der Waals surface area contributed by atoms with Gasteiger partial charge in [-0.25, -0.2) is 0 Å². The quantitative estimate of drug-likeness (QED) is 0.141. The zero-order chi connectivity index (χ0) is 45.7. The van der Waals surface area contributed by atoms with Crippen molar-refractivity contribution in [2.45, 2.75) is 185 Å². The largest absolute Gasteiger partial charge is 0.297 e. The number of allylic oxidation sites excluding steroid dienone is 14. The molecule has 0 bridgehead atoms. The molecule has 0 aromatic heterocycles. The van der Waals surface area contributed by atoms with Crippen molar-refractivity contribution in [3.05, 3.63) is 85.1 Å². The molecule has 0 N–H and O–H groups in total. The lowest BCUT2D eigenvalue weighted by atomic mass is 10.4. The zero-order valence-electron chi connectivity index (χ0n) is 42.3. The molecule has 0 heterocycles. The summed E-state index contributed by atoms with van der Waals surface area (Å²) in [5, 5.41) is 0. The van der Waals surface area contributed by atoms with Gasteiger partial charge >= 0.3 is 0 Å². The van der Waals surface area contributed by atoms with Gasteiger partial charge in [0.1, 0.15) is 0 Å². The molecule has 0 aliphatic rings. The minimum absolute atomic E-state index is 1.16. The van der Waals surface area contributed by atoms with Crippen LogP contribution in [0.15, 0.2) is 105 Å². The van der Waals surface area contributed by atoms with Crippen molar-refractivity contribution in [3.8, 4) is 0 Å². The normalized spacial score (nSPS) is 8.91. The van der Waals surface area contributed by atoms with Gasteiger partial charge in [0, 0.05) is 53.0 Å². The second-order valence-corrected chi connectivity index (χ2v) is 6.66. The first-order valence-corrected chi connectivity index (χ1v) is 20.9. The van der Waals surface area contributed by atoms with E-state index in [-0.39, 0.29) is 0 Å². The number of nitrogens with zero attached hydrogens (tertiary/aromatic N) is 4. The van der Waals surface area contributed by atoms with E-state index < -0.39 is 0 Å². The molecule has 0 atom stereocenters. The monoisotopic (exact) mass is 753 g/mol. The number of rotatable bonds is 7. The Kier molecular flexibility index (Phi) is 409. The van der Waals surface area contributed by atoms with Crippen molar-refractivity contribution in [2.75, 3.05) is 28.2 Å². The molecule has 0 spiro atoms. The molecule has 0 unspecified atom stereocenters. The van der Waals surface area contributed by atoms with E-state index in [1.165, 1.54) is 0 Å². The molecule has 0 amide bonds. The summed E-state index contributed by atoms with van der Waals surface area (Å²) in [7, 11) is 6.92. The molecule has 4 nitrogen and oxygen atoms in total. The fourth-order valence-corrected chi connectivity index (χ4v) is 1.41. The van der Waals surface area contributed by atoms with Gasteiger partial charge in [0.2, 0.25) is 0 Å². The number of hydrogen-bond donors (Lipinski definition) is 0. The van der Waals surface area contributed by atoms with Crippen molar-refractivity contribution >= 4 is 24.9 Å². The van der Waals surface area contributed by atoms with E-state index in [0.717, 1.165) is 19.3 Å². The van der Waals surface area contributed by atoms with Gasteiger partial charge in [-0.15, -0.1) is 0 Å². The first-order chi connectivity index (χ1) is 25.9. The van der Waals surface area contributed by atoms with Gasteiger partial charge in [0.15, 0.2) is 0 Å². The van der Waals surface area contributed by atoms with E-state index in [9.17, 15) is 0 Å². The van der Waals surface area contributed by atoms with E-state index >= 15 is 0 Å². The Morgan fingerprint density at radius 2 is 0.434 bits per heavy atom. The van der Waals surface area contributed by atoms with Crippen LogP contribution in [0.4, 0.5) is 0 Å². The molecule has 324 valence electrons. The van der Waals surface area contributed by atoms with E-state index in [0.29, 0.717) is 0 Å². The second kappa shape index (κ2) is 234. The van der Waals surface area contributed by atoms with Crippen molar-refractivity contribution in [1.29, 1.82) is 0 Å². The van der Waals surface area contributed by atoms with Crippen LogP contribution in [0.5, 0.6) is 0 Å². The van der Waals surface area contributed by atoms with Gasteiger partial charge in [0.25, 0.3) is 0 Å². The lowest BCUT2D eigenvalue weighted by Crippen LogP contribution is -1.69. The van der Waals surface area contributed by atoms with E-state index in [4.69, 9.17) is 0 Å². The fraction of sp³-hybridized carbons (Fsp3) is 0.633. The third-order valence-corrected chi connectivity index (χ3v) is 3.13. The van der Waals surface area contributed by atoms with Crippen LogP contribution in [0.25, 0.3) is 0 Å². The molecule has 0 aliphatic carbocycles. The highest BCUT2D eigenvalue weighted by Gasteiger charge is 1.54. The maximum absolute atomic E-state index is 3.71. The summed E-state index contributed by atoms with van der Waals surface area (Å²) >= 11 is 0. The van der Waals surface area contributed by atoms with Crippen LogP contribution < -0.4 is 0 Å². The van der Waals surface area contributed by atoms with Gasteiger partial charge in [0.05, 0.1) is 0 Å². The average molecular weight is 753 g/mol. The van der Waals surface area contributed by atoms with Gasteiger partial charge < -0.3 is 0 Å². The van der Waals surface area contributed by atoms with Crippen LogP contribution in [0, 0.1) is 0 Å². The van der Waals surface area contributed by atoms with Gasteiger partial charge in [-0.3, -0.25) is 20.0 Å². The van der Waals surface area contributed by atoms with Gasteiger partial charge in [-0.1, -0.05) is 191 Å². The molecule has 0 radical (unpaired) electrons. The smallest absolute Gasteiger partial charge is 0.0387 e. The average Bonchev–Trinajstić information content (AvgIpc) is 3.25. The molecular weight excluding hydrogens is 645 g/mol. The lowest BCUT2D eigenvalue weighted by Gasteiger charge is -1.65. The van der Waals surface area contributed by atoms with Crippen molar-refractivity contribution in [2.24, 2.45) is 20.0 Å². The minimum atomic E-state index is 1.16. The summed E-state index contributed by atoms with van der Waals surface area (Å²) in [6.07, 6.45) is 38.5. The predicted octanol–water partition coefficient (Wildman–Crippen LogP) is 18.2. The van der Waals surface area contributed by atoms with Crippen molar-refractivity contribution in [1.82, 2.24) is 0 Å². The number of hydrogen-bond acceptors (Lipinski definition) is 4. The third kappa shape index (κ3) is 486. The highest BCUT2D eigenvalue weighted by Crippen LogP contribution is 1.75. The van der Waals surface area contributed by atoms with E-state index in [1.807, 2.05) is 194 Å². The van der Waals surface area contributed by atoms with Crippen LogP contribution in [0.3, 0.4) is 0 Å². The molecule has 0 aromatic rings. The molecule has 0 fully saturated rings. The van der Waals surface area contributed by atoms with E-state index in [1.54, 1.807) is 53.0 Å². The highest BCUT2D eigenvalue weighted by atomic mass is 14.7. The SMILES string of the molecule is C/C=C\C=C/C.C/C=C\C=NC.C/C=C\C=NC.C/C=C\CC.C/C=C\CC.C/C=C\CC.CC.CC.CC.CC.CC.CC.CC.CN=CC=NC. The summed E-state index contributed by atoms with van der Waals surface area (Å²) in [4.78, 5) is 14.7. The van der Waals surface area contributed by atoms with Crippen LogP contribution in [0.1, 0.15) is 185 Å². The fourth-order valence-electron chi connectivity index (χ4n) is 1.41. The van der Waals surface area contributed by atoms with Gasteiger partial charge in [-0.2, -0.15) is 0 Å². The summed E-state index contributed by atoms with van der Waals surface area (Å²) < 4.78 is 0. The summed E-state index contributed by atoms with van der Waals surface area (Å²) in [5.41, 5.74) is 0. The van der Waals surface area contributed by atoms with Gasteiger partial charge in [-0.05, 0) is 79.9 Å². The third-order valence-electron chi connectivity index (χ3n) is 3.13. The Balaban J connectivity index is -0.0000000264. The van der Waals surface area contributed by atoms with Crippen molar-refractivity contribution < 1.29 is 0 Å². The predicted molar refractivity (Wildman–Crippen MR) is 272 cm³/mol. The van der Waals surface area contributed by atoms with Crippen LogP contribution in [-0.4, -0.2) is 53.0 Å². The summed E-state index contributed by atoms with van der Waals surface area (Å²) in [6, 6.07) is 0. The topological polar surface area (TPSA) is 49.4 Å². The van der Waals surface area contributed by atoms with Crippen LogP contribution in [-0.2, 0) is 0 Å². The number of aliphatic imine (C=N–C) groups is 4. The maximum Gasteiger partial charge on any atom is 0.0387 e. The highest BCUT2D eigenvalue weighted by molar-refractivity contribution is 6.15.